The number of ether oxygens (including phenoxy) is 1. The summed E-state index contributed by atoms with van der Waals surface area (Å²) in [6.45, 7) is 4.18. The zero-order chi connectivity index (χ0) is 12.8. The van der Waals surface area contributed by atoms with E-state index < -0.39 is 5.92 Å². The van der Waals surface area contributed by atoms with Crippen LogP contribution in [0.15, 0.2) is 18.2 Å². The molecule has 17 heavy (non-hydrogen) atoms. The highest BCUT2D eigenvalue weighted by atomic mass is 16.5. The number of methoxy groups -OCH3 is 1. The molecule has 0 unspecified atom stereocenters. The molecule has 1 rings (SSSR count). The minimum Gasteiger partial charge on any atom is -0.496 e. The van der Waals surface area contributed by atoms with Gasteiger partial charge in [-0.25, -0.2) is 0 Å². The number of benzene rings is 1. The van der Waals surface area contributed by atoms with Crippen LogP contribution >= 0.6 is 0 Å². The van der Waals surface area contributed by atoms with Crippen molar-refractivity contribution in [1.29, 1.82) is 10.5 Å². The van der Waals surface area contributed by atoms with Crippen LogP contribution in [0.5, 0.6) is 5.75 Å². The SMILES string of the molecule is COc1ccc(CC(C#N)C#N)cc1C(C)C. The Morgan fingerprint density at radius 1 is 1.24 bits per heavy atom. The van der Waals surface area contributed by atoms with E-state index in [4.69, 9.17) is 15.3 Å². The highest BCUT2D eigenvalue weighted by Gasteiger charge is 2.11. The van der Waals surface area contributed by atoms with Crippen molar-refractivity contribution in [2.24, 2.45) is 5.92 Å². The summed E-state index contributed by atoms with van der Waals surface area (Å²) in [5.41, 5.74) is 2.11. The maximum atomic E-state index is 8.77. The monoisotopic (exact) mass is 228 g/mol. The Balaban J connectivity index is 3.02. The van der Waals surface area contributed by atoms with Gasteiger partial charge in [-0.05, 0) is 23.1 Å². The van der Waals surface area contributed by atoms with Gasteiger partial charge in [-0.3, -0.25) is 0 Å². The molecule has 1 aromatic rings. The van der Waals surface area contributed by atoms with Crippen molar-refractivity contribution in [2.75, 3.05) is 7.11 Å². The first-order valence-corrected chi connectivity index (χ1v) is 5.58. The molecular formula is C14H16N2O. The van der Waals surface area contributed by atoms with E-state index in [0.29, 0.717) is 12.3 Å². The van der Waals surface area contributed by atoms with Gasteiger partial charge < -0.3 is 4.74 Å². The Morgan fingerprint density at radius 2 is 1.88 bits per heavy atom. The van der Waals surface area contributed by atoms with Crippen LogP contribution in [0.3, 0.4) is 0 Å². The zero-order valence-electron chi connectivity index (χ0n) is 10.4. The highest BCUT2D eigenvalue weighted by molar-refractivity contribution is 5.39. The van der Waals surface area contributed by atoms with Gasteiger partial charge in [0.05, 0.1) is 19.2 Å². The molecule has 0 spiro atoms. The van der Waals surface area contributed by atoms with Crippen LogP contribution in [0.1, 0.15) is 30.9 Å². The quantitative estimate of drug-likeness (QED) is 0.795. The summed E-state index contributed by atoms with van der Waals surface area (Å²) in [5, 5.41) is 17.5. The lowest BCUT2D eigenvalue weighted by molar-refractivity contribution is 0.407. The number of hydrogen-bond donors (Lipinski definition) is 0. The van der Waals surface area contributed by atoms with Crippen molar-refractivity contribution in [3.63, 3.8) is 0 Å². The molecule has 0 aliphatic heterocycles. The second-order valence-electron chi connectivity index (χ2n) is 4.25. The van der Waals surface area contributed by atoms with Gasteiger partial charge >= 0.3 is 0 Å². The summed E-state index contributed by atoms with van der Waals surface area (Å²) in [5.74, 6) is 0.630. The Bertz CT molecular complexity index is 452. The predicted octanol–water partition coefficient (Wildman–Crippen LogP) is 3.02. The van der Waals surface area contributed by atoms with E-state index in [-0.39, 0.29) is 0 Å². The van der Waals surface area contributed by atoms with E-state index in [2.05, 4.69) is 13.8 Å². The van der Waals surface area contributed by atoms with Gasteiger partial charge in [0.1, 0.15) is 11.7 Å². The third-order valence-corrected chi connectivity index (χ3v) is 2.67. The predicted molar refractivity (Wildman–Crippen MR) is 65.5 cm³/mol. The molecule has 0 radical (unpaired) electrons. The molecule has 0 heterocycles. The average molecular weight is 228 g/mol. The van der Waals surface area contributed by atoms with Crippen LogP contribution in [0.2, 0.25) is 0 Å². The van der Waals surface area contributed by atoms with Gasteiger partial charge in [0.15, 0.2) is 0 Å². The number of hydrogen-bond acceptors (Lipinski definition) is 3. The molecule has 0 bridgehead atoms. The molecule has 0 saturated carbocycles. The van der Waals surface area contributed by atoms with Crippen LogP contribution < -0.4 is 4.74 Å². The van der Waals surface area contributed by atoms with Crippen LogP contribution in [-0.4, -0.2) is 7.11 Å². The van der Waals surface area contributed by atoms with Crippen molar-refractivity contribution in [1.82, 2.24) is 0 Å². The van der Waals surface area contributed by atoms with E-state index in [9.17, 15) is 0 Å². The Morgan fingerprint density at radius 3 is 2.35 bits per heavy atom. The van der Waals surface area contributed by atoms with Gasteiger partial charge in [-0.2, -0.15) is 10.5 Å². The van der Waals surface area contributed by atoms with E-state index in [1.807, 2.05) is 30.3 Å². The first kappa shape index (κ1) is 13.1. The summed E-state index contributed by atoms with van der Waals surface area (Å²) in [6, 6.07) is 9.80. The second kappa shape index (κ2) is 5.92. The van der Waals surface area contributed by atoms with Crippen molar-refractivity contribution >= 4 is 0 Å². The lowest BCUT2D eigenvalue weighted by Crippen LogP contribution is -2.01. The van der Waals surface area contributed by atoms with Crippen LogP contribution in [0.4, 0.5) is 0 Å². The Labute approximate surface area is 102 Å². The van der Waals surface area contributed by atoms with Crippen LogP contribution in [0.25, 0.3) is 0 Å². The minimum absolute atomic E-state index is 0.354. The number of nitriles is 2. The Hall–Kier alpha value is -2.00. The average Bonchev–Trinajstić information content (AvgIpc) is 2.35. The summed E-state index contributed by atoms with van der Waals surface area (Å²) >= 11 is 0. The fraction of sp³-hybridized carbons (Fsp3) is 0.429. The molecule has 1 aromatic carbocycles. The van der Waals surface area contributed by atoms with Gasteiger partial charge in [0, 0.05) is 6.42 Å². The maximum absolute atomic E-state index is 8.77. The van der Waals surface area contributed by atoms with Crippen molar-refractivity contribution < 1.29 is 4.74 Å². The largest absolute Gasteiger partial charge is 0.496 e. The van der Waals surface area contributed by atoms with Crippen LogP contribution in [0, 0.1) is 28.6 Å². The molecule has 3 nitrogen and oxygen atoms in total. The minimum atomic E-state index is -0.580. The standard InChI is InChI=1S/C14H16N2O/c1-10(2)13-7-11(4-5-14(13)17-3)6-12(8-15)9-16/h4-5,7,10,12H,6H2,1-3H3. The van der Waals surface area contributed by atoms with Gasteiger partial charge in [0.2, 0.25) is 0 Å². The Kier molecular flexibility index (Phi) is 4.55. The van der Waals surface area contributed by atoms with Crippen molar-refractivity contribution in [3.8, 4) is 17.9 Å². The van der Waals surface area contributed by atoms with E-state index in [0.717, 1.165) is 16.9 Å². The number of rotatable bonds is 4. The first-order chi connectivity index (χ1) is 8.12. The molecule has 0 aliphatic carbocycles. The lowest BCUT2D eigenvalue weighted by atomic mass is 9.95. The molecular weight excluding hydrogens is 212 g/mol. The fourth-order valence-corrected chi connectivity index (χ4v) is 1.72. The van der Waals surface area contributed by atoms with E-state index >= 15 is 0 Å². The highest BCUT2D eigenvalue weighted by Crippen LogP contribution is 2.28. The summed E-state index contributed by atoms with van der Waals surface area (Å²) in [7, 11) is 1.65. The molecule has 0 aromatic heterocycles. The number of nitrogens with zero attached hydrogens (tertiary/aromatic N) is 2. The molecule has 0 amide bonds. The van der Waals surface area contributed by atoms with Gasteiger partial charge in [-0.1, -0.05) is 26.0 Å². The van der Waals surface area contributed by atoms with E-state index in [1.165, 1.54) is 0 Å². The topological polar surface area (TPSA) is 56.8 Å². The van der Waals surface area contributed by atoms with Crippen molar-refractivity contribution in [2.45, 2.75) is 26.2 Å². The van der Waals surface area contributed by atoms with Crippen molar-refractivity contribution in [3.05, 3.63) is 29.3 Å². The van der Waals surface area contributed by atoms with Gasteiger partial charge in [0.25, 0.3) is 0 Å². The first-order valence-electron chi connectivity index (χ1n) is 5.58. The third kappa shape index (κ3) is 3.23. The molecule has 0 saturated heterocycles. The fourth-order valence-electron chi connectivity index (χ4n) is 1.72. The lowest BCUT2D eigenvalue weighted by Gasteiger charge is -2.13. The summed E-state index contributed by atoms with van der Waals surface area (Å²) in [4.78, 5) is 0. The maximum Gasteiger partial charge on any atom is 0.137 e. The molecule has 0 atom stereocenters. The second-order valence-corrected chi connectivity index (χ2v) is 4.25. The van der Waals surface area contributed by atoms with Crippen LogP contribution in [-0.2, 0) is 6.42 Å². The summed E-state index contributed by atoms with van der Waals surface area (Å²) < 4.78 is 5.29. The molecule has 0 aliphatic rings. The normalized spacial score (nSPS) is 10.1. The smallest absolute Gasteiger partial charge is 0.137 e. The molecule has 0 fully saturated rings. The molecule has 88 valence electrons. The summed E-state index contributed by atoms with van der Waals surface area (Å²) in [6.07, 6.45) is 0.469. The van der Waals surface area contributed by atoms with Gasteiger partial charge in [-0.15, -0.1) is 0 Å². The zero-order valence-corrected chi connectivity index (χ0v) is 10.4. The molecule has 0 N–H and O–H groups in total. The van der Waals surface area contributed by atoms with E-state index in [1.54, 1.807) is 7.11 Å². The third-order valence-electron chi connectivity index (χ3n) is 2.67. The molecule has 3 heteroatoms.